The molecular formula is C9H8ClN3O. The van der Waals surface area contributed by atoms with Crippen molar-refractivity contribution in [1.29, 1.82) is 0 Å². The van der Waals surface area contributed by atoms with Crippen molar-refractivity contribution in [3.63, 3.8) is 0 Å². The Labute approximate surface area is 85.5 Å². The van der Waals surface area contributed by atoms with Crippen molar-refractivity contribution in [3.8, 4) is 0 Å². The van der Waals surface area contributed by atoms with Gasteiger partial charge in [0.2, 0.25) is 0 Å². The van der Waals surface area contributed by atoms with Crippen LogP contribution in [0.3, 0.4) is 0 Å². The molecule has 0 unspecified atom stereocenters. The second-order valence-corrected chi connectivity index (χ2v) is 3.52. The van der Waals surface area contributed by atoms with Crippen LogP contribution in [0.25, 0.3) is 11.0 Å². The summed E-state index contributed by atoms with van der Waals surface area (Å²) in [6.45, 7) is 1.77. The molecule has 14 heavy (non-hydrogen) atoms. The van der Waals surface area contributed by atoms with E-state index in [0.29, 0.717) is 10.5 Å². The van der Waals surface area contributed by atoms with Gasteiger partial charge < -0.3 is 0 Å². The first-order valence-corrected chi connectivity index (χ1v) is 4.53. The van der Waals surface area contributed by atoms with Crippen LogP contribution in [0, 0.1) is 0 Å². The Morgan fingerprint density at radius 2 is 2.36 bits per heavy atom. The van der Waals surface area contributed by atoms with Gasteiger partial charge in [-0.1, -0.05) is 16.8 Å². The Bertz CT molecular complexity index is 492. The van der Waals surface area contributed by atoms with Crippen LogP contribution in [0.2, 0.25) is 5.02 Å². The fourth-order valence-electron chi connectivity index (χ4n) is 1.27. The fourth-order valence-corrected chi connectivity index (χ4v) is 1.44. The second kappa shape index (κ2) is 3.38. The van der Waals surface area contributed by atoms with E-state index >= 15 is 0 Å². The van der Waals surface area contributed by atoms with Crippen molar-refractivity contribution in [2.75, 3.05) is 0 Å². The van der Waals surface area contributed by atoms with Gasteiger partial charge in [-0.25, -0.2) is 4.68 Å². The SMILES string of the molecule is CC(=O)Cn1nnc2cc(Cl)ccc21. The Morgan fingerprint density at radius 3 is 3.07 bits per heavy atom. The predicted octanol–water partition coefficient (Wildman–Crippen LogP) is 1.67. The van der Waals surface area contributed by atoms with Gasteiger partial charge in [0.25, 0.3) is 0 Å². The number of fused-ring (bicyclic) bond motifs is 1. The molecule has 1 aromatic heterocycles. The maximum atomic E-state index is 10.9. The van der Waals surface area contributed by atoms with Gasteiger partial charge in [-0.05, 0) is 25.1 Å². The number of hydrogen-bond donors (Lipinski definition) is 0. The normalized spacial score (nSPS) is 10.7. The summed E-state index contributed by atoms with van der Waals surface area (Å²) in [4.78, 5) is 10.9. The minimum atomic E-state index is 0.0479. The molecule has 2 aromatic rings. The van der Waals surface area contributed by atoms with Crippen LogP contribution in [0.4, 0.5) is 0 Å². The third-order valence-electron chi connectivity index (χ3n) is 1.85. The Hall–Kier alpha value is -1.42. The summed E-state index contributed by atoms with van der Waals surface area (Å²) < 4.78 is 1.56. The van der Waals surface area contributed by atoms with Gasteiger partial charge in [-0.2, -0.15) is 0 Å². The lowest BCUT2D eigenvalue weighted by Crippen LogP contribution is -2.07. The molecule has 0 N–H and O–H groups in total. The molecule has 0 aliphatic heterocycles. The third kappa shape index (κ3) is 1.61. The smallest absolute Gasteiger partial charge is 0.151 e. The van der Waals surface area contributed by atoms with Crippen molar-refractivity contribution < 1.29 is 4.79 Å². The van der Waals surface area contributed by atoms with Crippen molar-refractivity contribution in [1.82, 2.24) is 15.0 Å². The van der Waals surface area contributed by atoms with Crippen molar-refractivity contribution in [2.45, 2.75) is 13.5 Å². The zero-order valence-corrected chi connectivity index (χ0v) is 8.32. The minimum Gasteiger partial charge on any atom is -0.298 e. The summed E-state index contributed by atoms with van der Waals surface area (Å²) in [7, 11) is 0. The number of aromatic nitrogens is 3. The molecule has 0 fully saturated rings. The highest BCUT2D eigenvalue weighted by Gasteiger charge is 2.05. The molecule has 4 nitrogen and oxygen atoms in total. The number of halogens is 1. The van der Waals surface area contributed by atoms with Crippen LogP contribution in [0.5, 0.6) is 0 Å². The summed E-state index contributed by atoms with van der Waals surface area (Å²) >= 11 is 5.79. The van der Waals surface area contributed by atoms with Gasteiger partial charge >= 0.3 is 0 Å². The van der Waals surface area contributed by atoms with Gasteiger partial charge in [0.05, 0.1) is 5.52 Å². The molecule has 0 radical (unpaired) electrons. The van der Waals surface area contributed by atoms with E-state index in [1.165, 1.54) is 6.92 Å². The monoisotopic (exact) mass is 209 g/mol. The van der Waals surface area contributed by atoms with Crippen LogP contribution in [-0.4, -0.2) is 20.8 Å². The van der Waals surface area contributed by atoms with Gasteiger partial charge in [0, 0.05) is 5.02 Å². The first kappa shape index (κ1) is 9.15. The molecule has 1 aromatic carbocycles. The number of rotatable bonds is 2. The number of nitrogens with zero attached hydrogens (tertiary/aromatic N) is 3. The molecule has 0 spiro atoms. The first-order valence-electron chi connectivity index (χ1n) is 4.15. The average Bonchev–Trinajstić information content (AvgIpc) is 2.47. The molecular weight excluding hydrogens is 202 g/mol. The lowest BCUT2D eigenvalue weighted by atomic mass is 10.3. The Balaban J connectivity index is 2.52. The van der Waals surface area contributed by atoms with Crippen LogP contribution in [-0.2, 0) is 11.3 Å². The van der Waals surface area contributed by atoms with E-state index in [-0.39, 0.29) is 12.3 Å². The zero-order valence-electron chi connectivity index (χ0n) is 7.57. The lowest BCUT2D eigenvalue weighted by Gasteiger charge is -1.97. The summed E-state index contributed by atoms with van der Waals surface area (Å²) in [5.41, 5.74) is 1.53. The number of Topliss-reactive ketones (excluding diaryl/α,β-unsaturated/α-hetero) is 1. The van der Waals surface area contributed by atoms with E-state index in [9.17, 15) is 4.79 Å². The molecule has 0 bridgehead atoms. The molecule has 0 aliphatic rings. The molecule has 72 valence electrons. The Kier molecular flexibility index (Phi) is 2.21. The largest absolute Gasteiger partial charge is 0.298 e. The summed E-state index contributed by atoms with van der Waals surface area (Å²) in [6, 6.07) is 5.28. The number of benzene rings is 1. The minimum absolute atomic E-state index is 0.0479. The average molecular weight is 210 g/mol. The molecule has 0 amide bonds. The van der Waals surface area contributed by atoms with E-state index < -0.39 is 0 Å². The maximum Gasteiger partial charge on any atom is 0.151 e. The van der Waals surface area contributed by atoms with E-state index in [1.54, 1.807) is 22.9 Å². The molecule has 5 heteroatoms. The summed E-state index contributed by atoms with van der Waals surface area (Å²) in [6.07, 6.45) is 0. The quantitative estimate of drug-likeness (QED) is 0.756. The number of hydrogen-bond acceptors (Lipinski definition) is 3. The van der Waals surface area contributed by atoms with Crippen molar-refractivity contribution >= 4 is 28.4 Å². The van der Waals surface area contributed by atoms with Gasteiger partial charge in [0.15, 0.2) is 5.78 Å². The fraction of sp³-hybridized carbons (Fsp3) is 0.222. The van der Waals surface area contributed by atoms with Crippen LogP contribution in [0.1, 0.15) is 6.92 Å². The molecule has 0 aliphatic carbocycles. The molecule has 0 saturated heterocycles. The Morgan fingerprint density at radius 1 is 1.57 bits per heavy atom. The second-order valence-electron chi connectivity index (χ2n) is 3.08. The highest BCUT2D eigenvalue weighted by atomic mass is 35.5. The lowest BCUT2D eigenvalue weighted by molar-refractivity contribution is -0.117. The van der Waals surface area contributed by atoms with Crippen molar-refractivity contribution in [3.05, 3.63) is 23.2 Å². The van der Waals surface area contributed by atoms with E-state index in [4.69, 9.17) is 11.6 Å². The van der Waals surface area contributed by atoms with Gasteiger partial charge in [-0.15, -0.1) is 5.10 Å². The van der Waals surface area contributed by atoms with E-state index in [1.807, 2.05) is 0 Å². The molecule has 0 atom stereocenters. The standard InChI is InChI=1S/C9H8ClN3O/c1-6(14)5-13-9-3-2-7(10)4-8(9)11-12-13/h2-4H,5H2,1H3. The number of carbonyl (C=O) groups is 1. The van der Waals surface area contributed by atoms with E-state index in [0.717, 1.165) is 5.52 Å². The van der Waals surface area contributed by atoms with Crippen molar-refractivity contribution in [2.24, 2.45) is 0 Å². The van der Waals surface area contributed by atoms with Crippen LogP contribution in [0.15, 0.2) is 18.2 Å². The number of ketones is 1. The highest BCUT2D eigenvalue weighted by Crippen LogP contribution is 2.16. The topological polar surface area (TPSA) is 47.8 Å². The summed E-state index contributed by atoms with van der Waals surface area (Å²) in [5.74, 6) is 0.0479. The zero-order chi connectivity index (χ0) is 10.1. The maximum absolute atomic E-state index is 10.9. The van der Waals surface area contributed by atoms with Gasteiger partial charge in [-0.3, -0.25) is 4.79 Å². The molecule has 2 rings (SSSR count). The van der Waals surface area contributed by atoms with Crippen LogP contribution >= 0.6 is 11.6 Å². The number of carbonyl (C=O) groups excluding carboxylic acids is 1. The first-order chi connectivity index (χ1) is 6.66. The highest BCUT2D eigenvalue weighted by molar-refractivity contribution is 6.31. The molecule has 1 heterocycles. The van der Waals surface area contributed by atoms with Gasteiger partial charge in [0.1, 0.15) is 12.1 Å². The predicted molar refractivity (Wildman–Crippen MR) is 53.2 cm³/mol. The van der Waals surface area contributed by atoms with E-state index in [2.05, 4.69) is 10.3 Å². The molecule has 0 saturated carbocycles. The van der Waals surface area contributed by atoms with Crippen LogP contribution < -0.4 is 0 Å². The third-order valence-corrected chi connectivity index (χ3v) is 2.08. The summed E-state index contributed by atoms with van der Waals surface area (Å²) in [5, 5.41) is 8.39.